The third-order valence-corrected chi connectivity index (χ3v) is 6.48. The van der Waals surface area contributed by atoms with E-state index in [2.05, 4.69) is 51.7 Å². The van der Waals surface area contributed by atoms with Crippen LogP contribution >= 0.6 is 0 Å². The summed E-state index contributed by atoms with van der Waals surface area (Å²) in [6.45, 7) is 6.86. The van der Waals surface area contributed by atoms with E-state index >= 15 is 0 Å². The second-order valence-electron chi connectivity index (χ2n) is 9.33. The number of nitrogens with two attached hydrogens (primary N) is 1. The van der Waals surface area contributed by atoms with Crippen molar-refractivity contribution in [2.75, 3.05) is 18.4 Å². The molecule has 1 aliphatic rings. The summed E-state index contributed by atoms with van der Waals surface area (Å²) >= 11 is 0. The molecule has 1 fully saturated rings. The van der Waals surface area contributed by atoms with Crippen molar-refractivity contribution in [3.63, 3.8) is 0 Å². The topological polar surface area (TPSA) is 144 Å². The maximum Gasteiger partial charge on any atom is 0.207 e. The first kappa shape index (κ1) is 21.6. The Hall–Kier alpha value is -3.90. The number of likely N-dealkylation sites (tertiary alicyclic amines) is 1. The number of hydrogen-bond donors (Lipinski definition) is 3. The molecule has 1 aromatic carbocycles. The molecule has 0 spiro atoms. The Bertz CT molecular complexity index is 1470. The summed E-state index contributed by atoms with van der Waals surface area (Å²) in [5, 5.41) is 20.9. The number of H-pyrrole nitrogens is 1. The molecule has 5 aromatic rings. The van der Waals surface area contributed by atoms with Gasteiger partial charge in [-0.05, 0) is 68.8 Å². The van der Waals surface area contributed by atoms with Crippen molar-refractivity contribution in [2.45, 2.75) is 45.3 Å². The van der Waals surface area contributed by atoms with Crippen LogP contribution in [0.1, 0.15) is 38.3 Å². The molecule has 4 N–H and O–H groups in total. The van der Waals surface area contributed by atoms with Crippen molar-refractivity contribution < 1.29 is 0 Å². The van der Waals surface area contributed by atoms with Crippen LogP contribution in [0, 0.1) is 0 Å². The summed E-state index contributed by atoms with van der Waals surface area (Å²) in [5.74, 6) is 1.26. The molecule has 12 nitrogen and oxygen atoms in total. The Kier molecular flexibility index (Phi) is 5.38. The first-order valence-corrected chi connectivity index (χ1v) is 11.9. The number of tetrazole rings is 1. The van der Waals surface area contributed by atoms with Crippen LogP contribution in [-0.2, 0) is 6.54 Å². The number of aromatic nitrogens is 9. The second-order valence-corrected chi connectivity index (χ2v) is 9.33. The van der Waals surface area contributed by atoms with Crippen molar-refractivity contribution >= 4 is 28.1 Å². The van der Waals surface area contributed by atoms with Gasteiger partial charge in [-0.1, -0.05) is 0 Å². The molecule has 0 saturated carbocycles. The zero-order valence-electron chi connectivity index (χ0n) is 19.8. The normalized spacial score (nSPS) is 15.5. The molecule has 0 bridgehead atoms. The maximum absolute atomic E-state index is 6.09. The maximum atomic E-state index is 6.09. The fourth-order valence-corrected chi connectivity index (χ4v) is 4.57. The molecular formula is C23H28N12. The van der Waals surface area contributed by atoms with Gasteiger partial charge in [-0.25, -0.2) is 14.5 Å². The van der Waals surface area contributed by atoms with Crippen LogP contribution < -0.4 is 11.1 Å². The van der Waals surface area contributed by atoms with Crippen LogP contribution in [-0.4, -0.2) is 68.8 Å². The van der Waals surface area contributed by atoms with Gasteiger partial charge in [0.25, 0.3) is 0 Å². The fraction of sp³-hybridized carbons (Fsp3) is 0.391. The number of aromatic amines is 1. The van der Waals surface area contributed by atoms with Gasteiger partial charge >= 0.3 is 0 Å². The van der Waals surface area contributed by atoms with Crippen molar-refractivity contribution in [3.8, 4) is 11.4 Å². The number of fused-ring (bicyclic) bond motifs is 2. The summed E-state index contributed by atoms with van der Waals surface area (Å²) in [5.41, 5.74) is 11.5. The zero-order chi connectivity index (χ0) is 23.9. The molecule has 0 amide bonds. The van der Waals surface area contributed by atoms with Crippen molar-refractivity contribution in [3.05, 3.63) is 42.6 Å². The first-order chi connectivity index (χ1) is 17.0. The summed E-state index contributed by atoms with van der Waals surface area (Å²) in [6, 6.07) is 6.52. The summed E-state index contributed by atoms with van der Waals surface area (Å²) in [4.78, 5) is 16.3. The molecule has 0 radical (unpaired) electrons. The predicted molar refractivity (Wildman–Crippen MR) is 132 cm³/mol. The smallest absolute Gasteiger partial charge is 0.207 e. The highest BCUT2D eigenvalue weighted by Gasteiger charge is 2.20. The lowest BCUT2D eigenvalue weighted by atomic mass is 10.1. The molecule has 0 aliphatic carbocycles. The molecule has 6 rings (SSSR count). The Morgan fingerprint density at radius 2 is 2.06 bits per heavy atom. The number of piperidine rings is 1. The lowest BCUT2D eigenvalue weighted by Crippen LogP contribution is -2.39. The van der Waals surface area contributed by atoms with E-state index in [1.807, 2.05) is 36.7 Å². The average Bonchev–Trinajstić information content (AvgIpc) is 3.60. The zero-order valence-corrected chi connectivity index (χ0v) is 19.8. The monoisotopic (exact) mass is 472 g/mol. The Morgan fingerprint density at radius 3 is 2.86 bits per heavy atom. The van der Waals surface area contributed by atoms with Gasteiger partial charge in [0.1, 0.15) is 11.8 Å². The molecule has 12 heteroatoms. The Balaban J connectivity index is 1.36. The van der Waals surface area contributed by atoms with Crippen LogP contribution in [0.25, 0.3) is 27.9 Å². The van der Waals surface area contributed by atoms with Gasteiger partial charge < -0.3 is 16.0 Å². The molecule has 0 atom stereocenters. The standard InChI is InChI=1S/C23H28N12/c1-14(2)35-31-22(30-32-35)18-9-17(10-19-20(18)26-12-25-19)29-23-21-15(3-8-34(21)28-13-27-23)11-33-6-4-16(24)5-7-33/h3,8-10,12-14,16H,4-7,11,24H2,1-2H3,(H,25,26)(H,27,28,29). The van der Waals surface area contributed by atoms with E-state index in [1.165, 1.54) is 5.56 Å². The SMILES string of the molecule is CC(C)n1nnc(-c2cc(Nc3ncnn4ccc(CN5CCC(N)CC5)c34)cc3[nH]cnc23)n1. The van der Waals surface area contributed by atoms with Gasteiger partial charge in [-0.15, -0.1) is 10.2 Å². The van der Waals surface area contributed by atoms with Crippen LogP contribution in [0.5, 0.6) is 0 Å². The minimum absolute atomic E-state index is 0.116. The molecule has 4 aromatic heterocycles. The van der Waals surface area contributed by atoms with Crippen LogP contribution in [0.15, 0.2) is 37.1 Å². The van der Waals surface area contributed by atoms with Crippen LogP contribution in [0.3, 0.4) is 0 Å². The van der Waals surface area contributed by atoms with Crippen LogP contribution in [0.2, 0.25) is 0 Å². The number of anilines is 2. The van der Waals surface area contributed by atoms with Crippen molar-refractivity contribution in [1.29, 1.82) is 0 Å². The molecule has 180 valence electrons. The van der Waals surface area contributed by atoms with Crippen molar-refractivity contribution in [2.24, 2.45) is 5.73 Å². The summed E-state index contributed by atoms with van der Waals surface area (Å²) < 4.78 is 1.87. The Morgan fingerprint density at radius 1 is 1.20 bits per heavy atom. The minimum atomic E-state index is 0.116. The number of nitrogens with one attached hydrogen (secondary N) is 2. The van der Waals surface area contributed by atoms with Crippen molar-refractivity contribution in [1.82, 2.24) is 49.7 Å². The lowest BCUT2D eigenvalue weighted by molar-refractivity contribution is 0.206. The highest BCUT2D eigenvalue weighted by Crippen LogP contribution is 2.31. The molecule has 0 unspecified atom stereocenters. The number of benzene rings is 1. The third kappa shape index (κ3) is 4.10. The molecule has 1 saturated heterocycles. The highest BCUT2D eigenvalue weighted by molar-refractivity contribution is 5.94. The van der Waals surface area contributed by atoms with Gasteiger partial charge in [0.05, 0.1) is 29.0 Å². The lowest BCUT2D eigenvalue weighted by Gasteiger charge is -2.29. The van der Waals surface area contributed by atoms with Gasteiger partial charge in [0.15, 0.2) is 5.82 Å². The van der Waals surface area contributed by atoms with Crippen LogP contribution in [0.4, 0.5) is 11.5 Å². The molecule has 1 aliphatic heterocycles. The first-order valence-electron chi connectivity index (χ1n) is 11.9. The largest absolute Gasteiger partial charge is 0.345 e. The van der Waals surface area contributed by atoms with E-state index in [4.69, 9.17) is 5.73 Å². The van der Waals surface area contributed by atoms with Gasteiger partial charge in [-0.3, -0.25) is 4.90 Å². The average molecular weight is 473 g/mol. The predicted octanol–water partition coefficient (Wildman–Crippen LogP) is 2.51. The fourth-order valence-electron chi connectivity index (χ4n) is 4.57. The molecule has 5 heterocycles. The Labute approximate surface area is 201 Å². The summed E-state index contributed by atoms with van der Waals surface area (Å²) in [7, 11) is 0. The second kappa shape index (κ2) is 8.71. The number of rotatable bonds is 6. The van der Waals surface area contributed by atoms with E-state index in [-0.39, 0.29) is 6.04 Å². The quantitative estimate of drug-likeness (QED) is 0.339. The number of imidazole rings is 1. The van der Waals surface area contributed by atoms with E-state index in [9.17, 15) is 0 Å². The summed E-state index contributed by atoms with van der Waals surface area (Å²) in [6.07, 6.45) is 7.25. The molecular weight excluding hydrogens is 444 g/mol. The van der Waals surface area contributed by atoms with Gasteiger partial charge in [0, 0.05) is 24.5 Å². The number of nitrogens with zero attached hydrogens (tertiary/aromatic N) is 9. The van der Waals surface area contributed by atoms with E-state index < -0.39 is 0 Å². The molecule has 35 heavy (non-hydrogen) atoms. The van der Waals surface area contributed by atoms with E-state index in [0.29, 0.717) is 11.9 Å². The minimum Gasteiger partial charge on any atom is -0.345 e. The van der Waals surface area contributed by atoms with Gasteiger partial charge in [0.2, 0.25) is 5.82 Å². The highest BCUT2D eigenvalue weighted by atomic mass is 15.6. The third-order valence-electron chi connectivity index (χ3n) is 6.48. The van der Waals surface area contributed by atoms with E-state index in [0.717, 1.165) is 66.1 Å². The van der Waals surface area contributed by atoms with Gasteiger partial charge in [-0.2, -0.15) is 9.90 Å². The van der Waals surface area contributed by atoms with E-state index in [1.54, 1.807) is 17.5 Å². The number of hydrogen-bond acceptors (Lipinski definition) is 9.